The molecule has 0 aromatic heterocycles. The van der Waals surface area contributed by atoms with Crippen LogP contribution in [0.15, 0.2) is 0 Å². The molecule has 0 unspecified atom stereocenters. The summed E-state index contributed by atoms with van der Waals surface area (Å²) < 4.78 is 0. The SMILES string of the molecule is [Ce+3].[Mn+2].[O-2].[O-2].[O-2].[Zn+2]. The van der Waals surface area contributed by atoms with E-state index in [0.717, 1.165) is 0 Å². The number of hydrogen-bond donors (Lipinski definition) is 0. The molecule has 2 radical (unpaired) electrons. The molecule has 0 saturated heterocycles. The minimum absolute atomic E-state index is 0. The van der Waals surface area contributed by atoms with Gasteiger partial charge in [0.15, 0.2) is 0 Å². The van der Waals surface area contributed by atoms with Gasteiger partial charge in [-0.1, -0.05) is 0 Å². The van der Waals surface area contributed by atoms with Gasteiger partial charge in [-0.2, -0.15) is 0 Å². The first-order valence-corrected chi connectivity index (χ1v) is 0. The Hall–Kier alpha value is 2.40. The van der Waals surface area contributed by atoms with Gasteiger partial charge < -0.3 is 16.4 Å². The Balaban J connectivity index is 0. The average molecular weight is 308 g/mol. The van der Waals surface area contributed by atoms with Crippen LogP contribution in [0.3, 0.4) is 0 Å². The molecule has 3 nitrogen and oxygen atoms in total. The van der Waals surface area contributed by atoms with E-state index in [0.29, 0.717) is 0 Å². The zero-order chi connectivity index (χ0) is 0. The van der Waals surface area contributed by atoms with Crippen LogP contribution in [0.5, 0.6) is 0 Å². The van der Waals surface area contributed by atoms with Crippen molar-refractivity contribution >= 4 is 0 Å². The summed E-state index contributed by atoms with van der Waals surface area (Å²) in [5, 5.41) is 0. The summed E-state index contributed by atoms with van der Waals surface area (Å²) in [4.78, 5) is 0. The van der Waals surface area contributed by atoms with Crippen LogP contribution >= 0.6 is 0 Å². The van der Waals surface area contributed by atoms with Crippen LogP contribution in [0.1, 0.15) is 0 Å². The van der Waals surface area contributed by atoms with Crippen molar-refractivity contribution in [1.82, 2.24) is 0 Å². The Kier molecular flexibility index (Phi) is 701. The molecule has 6 heteroatoms. The van der Waals surface area contributed by atoms with Gasteiger partial charge >= 0.3 is 78.3 Å². The van der Waals surface area contributed by atoms with Gasteiger partial charge in [-0.3, -0.25) is 0 Å². The van der Waals surface area contributed by atoms with E-state index in [1.807, 2.05) is 0 Å². The Morgan fingerprint density at radius 1 is 0.667 bits per heavy atom. The largest absolute Gasteiger partial charge is 3.00 e. The Bertz CT molecular complexity index is 10.8. The van der Waals surface area contributed by atoms with Gasteiger partial charge in [0.1, 0.15) is 0 Å². The molecule has 0 aliphatic carbocycles. The molecule has 0 aliphatic rings. The van der Waals surface area contributed by atoms with E-state index in [1.54, 1.807) is 0 Å². The molecule has 0 bridgehead atoms. The van der Waals surface area contributed by atoms with E-state index >= 15 is 0 Å². The second kappa shape index (κ2) is 52.6. The van der Waals surface area contributed by atoms with Crippen molar-refractivity contribution in [3.63, 3.8) is 0 Å². The van der Waals surface area contributed by atoms with Crippen molar-refractivity contribution in [1.29, 1.82) is 0 Å². The fraction of sp³-hybridized carbons (Fsp3) is 0. The molecule has 0 N–H and O–H groups in total. The summed E-state index contributed by atoms with van der Waals surface area (Å²) >= 11 is 0. The molecule has 0 amide bonds. The standard InChI is InChI=1S/Ce.Mn.3O.Zn/q+3;+2;3*-2;+2. The van der Waals surface area contributed by atoms with E-state index < -0.39 is 0 Å². The molecule has 0 saturated carbocycles. The second-order valence-electron chi connectivity index (χ2n) is 0. The zero-order valence-electron chi connectivity index (χ0n) is 2.81. The van der Waals surface area contributed by atoms with Gasteiger partial charge in [-0.05, 0) is 0 Å². The van der Waals surface area contributed by atoms with Crippen molar-refractivity contribution in [3.05, 3.63) is 0 Å². The molecular formula is CeMnO3Zn+. The predicted octanol–water partition coefficient (Wildman–Crippen LogP) is -0.361. The van der Waals surface area contributed by atoms with Crippen molar-refractivity contribution in [2.75, 3.05) is 0 Å². The monoisotopic (exact) mass is 307 g/mol. The fourth-order valence-electron chi connectivity index (χ4n) is 0. The summed E-state index contributed by atoms with van der Waals surface area (Å²) in [5.41, 5.74) is 0. The van der Waals surface area contributed by atoms with E-state index in [9.17, 15) is 0 Å². The third-order valence-corrected chi connectivity index (χ3v) is 0. The molecule has 6 heavy (non-hydrogen) atoms. The average Bonchev–Trinajstić information content (AvgIpc) is 0. The van der Waals surface area contributed by atoms with Gasteiger partial charge in [-0.15, -0.1) is 0 Å². The fourth-order valence-corrected chi connectivity index (χ4v) is 0. The summed E-state index contributed by atoms with van der Waals surface area (Å²) in [6.45, 7) is 0. The van der Waals surface area contributed by atoms with Crippen LogP contribution in [-0.2, 0) is 53.0 Å². The van der Waals surface area contributed by atoms with Gasteiger partial charge in [0, 0.05) is 0 Å². The Labute approximate surface area is 93.2 Å². The van der Waals surface area contributed by atoms with Gasteiger partial charge in [-0.25, -0.2) is 0 Å². The van der Waals surface area contributed by atoms with Crippen molar-refractivity contribution in [2.45, 2.75) is 0 Å². The van der Waals surface area contributed by atoms with Gasteiger partial charge in [0.25, 0.3) is 0 Å². The molecule has 0 rings (SSSR count). The molecule has 0 atom stereocenters. The Morgan fingerprint density at radius 3 is 0.667 bits per heavy atom. The van der Waals surface area contributed by atoms with Crippen LogP contribution in [0, 0.1) is 41.7 Å². The minimum Gasteiger partial charge on any atom is -2.00 e. The predicted molar refractivity (Wildman–Crippen MR) is 2.06 cm³/mol. The van der Waals surface area contributed by atoms with Crippen LogP contribution in [0.2, 0.25) is 0 Å². The molecular weight excluding hydrogens is 308 g/mol. The number of rotatable bonds is 0. The maximum Gasteiger partial charge on any atom is 3.00 e. The van der Waals surface area contributed by atoms with Crippen LogP contribution in [-0.4, -0.2) is 0 Å². The zero-order valence-corrected chi connectivity index (χ0v) is 10.1. The van der Waals surface area contributed by atoms with Crippen LogP contribution < -0.4 is 0 Å². The van der Waals surface area contributed by atoms with Crippen molar-refractivity contribution in [3.8, 4) is 0 Å². The molecule has 0 heterocycles. The normalized spacial score (nSPS) is 0. The molecule has 0 aromatic rings. The third kappa shape index (κ3) is 32.4. The summed E-state index contributed by atoms with van der Waals surface area (Å²) in [6, 6.07) is 0. The first-order valence-electron chi connectivity index (χ1n) is 0. The first-order chi connectivity index (χ1) is 0. The summed E-state index contributed by atoms with van der Waals surface area (Å²) in [5.74, 6) is 0. The topological polar surface area (TPSA) is 85.5 Å². The molecule has 0 aliphatic heterocycles. The minimum atomic E-state index is 0. The smallest absolute Gasteiger partial charge is 2.00 e. The van der Waals surface area contributed by atoms with Crippen LogP contribution in [0.25, 0.3) is 0 Å². The molecule has 0 fully saturated rings. The van der Waals surface area contributed by atoms with Gasteiger partial charge in [0.05, 0.1) is 0 Å². The van der Waals surface area contributed by atoms with E-state index in [-0.39, 0.29) is 94.7 Å². The van der Waals surface area contributed by atoms with Crippen molar-refractivity contribution < 1.29 is 94.7 Å². The second-order valence-corrected chi connectivity index (χ2v) is 0. The van der Waals surface area contributed by atoms with Crippen LogP contribution in [0.4, 0.5) is 0 Å². The number of hydrogen-bond acceptors (Lipinski definition) is 0. The van der Waals surface area contributed by atoms with E-state index in [2.05, 4.69) is 0 Å². The van der Waals surface area contributed by atoms with Gasteiger partial charge in [0.2, 0.25) is 0 Å². The molecule has 0 spiro atoms. The summed E-state index contributed by atoms with van der Waals surface area (Å²) in [6.07, 6.45) is 0. The summed E-state index contributed by atoms with van der Waals surface area (Å²) in [7, 11) is 0. The molecule has 30 valence electrons. The first kappa shape index (κ1) is 79.9. The third-order valence-electron chi connectivity index (χ3n) is 0. The maximum atomic E-state index is 0. The Morgan fingerprint density at radius 2 is 0.667 bits per heavy atom. The van der Waals surface area contributed by atoms with E-state index in [1.165, 1.54) is 0 Å². The van der Waals surface area contributed by atoms with E-state index in [4.69, 9.17) is 0 Å². The van der Waals surface area contributed by atoms with Crippen molar-refractivity contribution in [2.24, 2.45) is 0 Å². The maximum absolute atomic E-state index is 0. The molecule has 0 aromatic carbocycles. The quantitative estimate of drug-likeness (QED) is 0.547.